The van der Waals surface area contributed by atoms with Crippen molar-refractivity contribution in [3.05, 3.63) is 35.9 Å². The van der Waals surface area contributed by atoms with E-state index in [-0.39, 0.29) is 6.42 Å². The summed E-state index contributed by atoms with van der Waals surface area (Å²) in [5, 5.41) is 12.5. The number of amides is 1. The Hall–Kier alpha value is -1.26. The van der Waals surface area contributed by atoms with Gasteiger partial charge >= 0.3 is 0 Å². The Morgan fingerprint density at radius 3 is 2.29 bits per heavy atom. The molecule has 0 aliphatic heterocycles. The van der Waals surface area contributed by atoms with Crippen LogP contribution in [-0.4, -0.2) is 22.8 Å². The molecule has 0 fully saturated rings. The predicted octanol–water partition coefficient (Wildman–Crippen LogP) is 0.903. The molecule has 0 aliphatic rings. The summed E-state index contributed by atoms with van der Waals surface area (Å²) < 4.78 is 0. The van der Waals surface area contributed by atoms with E-state index in [4.69, 9.17) is 23.2 Å². The van der Waals surface area contributed by atoms with Crippen LogP contribution < -0.4 is 10.4 Å². The van der Waals surface area contributed by atoms with Crippen LogP contribution in [0.3, 0.4) is 0 Å². The molecule has 6 heteroatoms. The van der Waals surface area contributed by atoms with E-state index in [0.717, 1.165) is 5.56 Å². The highest BCUT2D eigenvalue weighted by Gasteiger charge is 2.23. The summed E-state index contributed by atoms with van der Waals surface area (Å²) >= 11 is 10.9. The van der Waals surface area contributed by atoms with Crippen molar-refractivity contribution in [1.29, 1.82) is 0 Å². The number of hydrogen-bond acceptors (Lipinski definition) is 3. The van der Waals surface area contributed by atoms with E-state index < -0.39 is 22.8 Å². The zero-order valence-electron chi connectivity index (χ0n) is 8.73. The molecule has 92 valence electrons. The Balaban J connectivity index is 2.77. The first-order valence-electron chi connectivity index (χ1n) is 4.84. The Kier molecular flexibility index (Phi) is 5.25. The lowest BCUT2D eigenvalue weighted by Gasteiger charge is -2.19. The van der Waals surface area contributed by atoms with Crippen molar-refractivity contribution >= 4 is 35.1 Å². The number of halogens is 2. The Morgan fingerprint density at radius 2 is 1.82 bits per heavy atom. The molecule has 0 aromatic heterocycles. The number of nitrogens with one attached hydrogen (secondary N) is 1. The first-order chi connectivity index (χ1) is 8.00. The van der Waals surface area contributed by atoms with E-state index >= 15 is 0 Å². The lowest BCUT2D eigenvalue weighted by atomic mass is 10.0. The highest BCUT2D eigenvalue weighted by atomic mass is 35.5. The van der Waals surface area contributed by atoms with Gasteiger partial charge in [-0.3, -0.25) is 4.79 Å². The van der Waals surface area contributed by atoms with Gasteiger partial charge in [-0.1, -0.05) is 53.5 Å². The summed E-state index contributed by atoms with van der Waals surface area (Å²) in [6.45, 7) is 0. The molecule has 0 saturated heterocycles. The molecule has 0 heterocycles. The number of carbonyl (C=O) groups is 2. The maximum absolute atomic E-state index is 11.6. The second-order valence-electron chi connectivity index (χ2n) is 3.38. The summed E-state index contributed by atoms with van der Waals surface area (Å²) in [5.74, 6) is -0.596. The zero-order chi connectivity index (χ0) is 12.8. The molecule has 0 spiro atoms. The van der Waals surface area contributed by atoms with Crippen LogP contribution in [-0.2, 0) is 11.2 Å². The molecule has 1 rings (SSSR count). The summed E-state index contributed by atoms with van der Waals surface area (Å²) in [4.78, 5) is 20.8. The molecule has 1 unspecified atom stereocenters. The van der Waals surface area contributed by atoms with Gasteiger partial charge in [-0.2, -0.15) is 0 Å². The molecule has 1 aromatic rings. The molecule has 0 aliphatic carbocycles. The number of hydrogen-bond donors (Lipinski definition) is 1. The Labute approximate surface area is 109 Å². The SMILES string of the molecule is O=C([O-])NC(Cc1ccccc1)C(=O)C(Cl)Cl. The average molecular weight is 275 g/mol. The third kappa shape index (κ3) is 4.63. The van der Waals surface area contributed by atoms with Gasteiger partial charge in [-0.05, 0) is 12.0 Å². The molecule has 0 saturated carbocycles. The van der Waals surface area contributed by atoms with Crippen molar-refractivity contribution in [2.24, 2.45) is 0 Å². The second-order valence-corrected chi connectivity index (χ2v) is 4.47. The summed E-state index contributed by atoms with van der Waals surface area (Å²) in [7, 11) is 0. The van der Waals surface area contributed by atoms with Crippen LogP contribution in [0.4, 0.5) is 4.79 Å². The highest BCUT2D eigenvalue weighted by Crippen LogP contribution is 2.10. The molecule has 0 radical (unpaired) electrons. The molecule has 1 aromatic carbocycles. The largest absolute Gasteiger partial charge is 0.530 e. The standard InChI is InChI=1S/C11H11Cl2NO3/c12-10(13)9(15)8(14-11(16)17)6-7-4-2-1-3-5-7/h1-5,8,10,14H,6H2,(H,16,17)/p-1. The molecule has 1 atom stereocenters. The van der Waals surface area contributed by atoms with Gasteiger partial charge in [-0.15, -0.1) is 0 Å². The first-order valence-corrected chi connectivity index (χ1v) is 5.71. The van der Waals surface area contributed by atoms with Gasteiger partial charge in [0.05, 0.1) is 6.04 Å². The van der Waals surface area contributed by atoms with E-state index in [1.54, 1.807) is 24.3 Å². The van der Waals surface area contributed by atoms with E-state index in [1.165, 1.54) is 0 Å². The quantitative estimate of drug-likeness (QED) is 0.812. The molecular formula is C11H10Cl2NO3-. The van der Waals surface area contributed by atoms with Gasteiger partial charge in [0.2, 0.25) is 0 Å². The number of benzene rings is 1. The van der Waals surface area contributed by atoms with Gasteiger partial charge in [0.15, 0.2) is 10.6 Å². The van der Waals surface area contributed by atoms with Gasteiger partial charge in [0.1, 0.15) is 6.09 Å². The Morgan fingerprint density at radius 1 is 1.24 bits per heavy atom. The molecule has 4 nitrogen and oxygen atoms in total. The number of Topliss-reactive ketones (excluding diaryl/α,β-unsaturated/α-hetero) is 1. The van der Waals surface area contributed by atoms with Crippen LogP contribution in [0.2, 0.25) is 0 Å². The van der Waals surface area contributed by atoms with Crippen LogP contribution in [0.15, 0.2) is 30.3 Å². The average Bonchev–Trinajstić information content (AvgIpc) is 2.28. The van der Waals surface area contributed by atoms with E-state index in [1.807, 2.05) is 11.4 Å². The van der Waals surface area contributed by atoms with E-state index in [0.29, 0.717) is 0 Å². The van der Waals surface area contributed by atoms with Gasteiger partial charge in [0.25, 0.3) is 0 Å². The lowest BCUT2D eigenvalue weighted by molar-refractivity contribution is -0.251. The molecule has 17 heavy (non-hydrogen) atoms. The Bertz CT molecular complexity index is 395. The minimum absolute atomic E-state index is 0.184. The van der Waals surface area contributed by atoms with Crippen LogP contribution >= 0.6 is 23.2 Å². The van der Waals surface area contributed by atoms with Crippen molar-refractivity contribution in [1.82, 2.24) is 5.32 Å². The summed E-state index contributed by atoms with van der Waals surface area (Å²) in [5.41, 5.74) is 0.800. The van der Waals surface area contributed by atoms with E-state index in [9.17, 15) is 14.7 Å². The first kappa shape index (κ1) is 13.8. The number of rotatable bonds is 5. The predicted molar refractivity (Wildman–Crippen MR) is 63.0 cm³/mol. The van der Waals surface area contributed by atoms with Crippen molar-refractivity contribution in [3.8, 4) is 0 Å². The topological polar surface area (TPSA) is 69.2 Å². The number of carbonyl (C=O) groups excluding carboxylic acids is 2. The fourth-order valence-corrected chi connectivity index (χ4v) is 1.67. The maximum Gasteiger partial charge on any atom is 0.188 e. The minimum Gasteiger partial charge on any atom is -0.530 e. The normalized spacial score (nSPS) is 12.2. The zero-order valence-corrected chi connectivity index (χ0v) is 10.2. The summed E-state index contributed by atoms with van der Waals surface area (Å²) in [6, 6.07) is 7.94. The molecular weight excluding hydrogens is 265 g/mol. The lowest BCUT2D eigenvalue weighted by Crippen LogP contribution is -2.49. The van der Waals surface area contributed by atoms with Gasteiger partial charge < -0.3 is 15.2 Å². The number of carboxylic acid groups (broad SMARTS) is 1. The van der Waals surface area contributed by atoms with Crippen LogP contribution in [0.5, 0.6) is 0 Å². The monoisotopic (exact) mass is 274 g/mol. The van der Waals surface area contributed by atoms with E-state index in [2.05, 4.69) is 0 Å². The van der Waals surface area contributed by atoms with Crippen molar-refractivity contribution < 1.29 is 14.7 Å². The van der Waals surface area contributed by atoms with Gasteiger partial charge in [0, 0.05) is 0 Å². The number of ketones is 1. The minimum atomic E-state index is -1.53. The van der Waals surface area contributed by atoms with Gasteiger partial charge in [-0.25, -0.2) is 0 Å². The highest BCUT2D eigenvalue weighted by molar-refractivity contribution is 6.54. The van der Waals surface area contributed by atoms with Crippen molar-refractivity contribution in [2.45, 2.75) is 17.3 Å². The van der Waals surface area contributed by atoms with Crippen molar-refractivity contribution in [2.75, 3.05) is 0 Å². The summed E-state index contributed by atoms with van der Waals surface area (Å²) in [6.07, 6.45) is -1.35. The number of alkyl halides is 2. The van der Waals surface area contributed by atoms with Crippen LogP contribution in [0.1, 0.15) is 5.56 Å². The van der Waals surface area contributed by atoms with Crippen LogP contribution in [0, 0.1) is 0 Å². The van der Waals surface area contributed by atoms with Crippen LogP contribution in [0.25, 0.3) is 0 Å². The molecule has 1 N–H and O–H groups in total. The smallest absolute Gasteiger partial charge is 0.188 e. The third-order valence-corrected chi connectivity index (χ3v) is 2.56. The van der Waals surface area contributed by atoms with Crippen molar-refractivity contribution in [3.63, 3.8) is 0 Å². The fraction of sp³-hybridized carbons (Fsp3) is 0.273. The molecule has 1 amide bonds. The second kappa shape index (κ2) is 6.47. The third-order valence-electron chi connectivity index (χ3n) is 2.13. The fourth-order valence-electron chi connectivity index (χ4n) is 1.37. The maximum atomic E-state index is 11.6. The molecule has 0 bridgehead atoms.